The Morgan fingerprint density at radius 2 is 2.19 bits per heavy atom. The van der Waals surface area contributed by atoms with Crippen molar-refractivity contribution in [2.45, 2.75) is 43.9 Å². The van der Waals surface area contributed by atoms with Crippen molar-refractivity contribution >= 4 is 18.3 Å². The highest BCUT2D eigenvalue weighted by atomic mass is 35.5. The molecule has 1 saturated heterocycles. The van der Waals surface area contributed by atoms with Crippen LogP contribution in [0.15, 0.2) is 4.52 Å². The number of amides is 1. The van der Waals surface area contributed by atoms with Crippen LogP contribution in [-0.2, 0) is 4.79 Å². The fourth-order valence-electron chi connectivity index (χ4n) is 2.71. The molecule has 1 unspecified atom stereocenters. The van der Waals surface area contributed by atoms with Crippen molar-refractivity contribution < 1.29 is 9.32 Å². The van der Waals surface area contributed by atoms with E-state index in [4.69, 9.17) is 4.52 Å². The van der Waals surface area contributed by atoms with Crippen LogP contribution in [0.25, 0.3) is 0 Å². The molecule has 2 aliphatic rings. The average molecular weight is 315 g/mol. The minimum atomic E-state index is 0. The lowest BCUT2D eigenvalue weighted by Gasteiger charge is -2.31. The Labute approximate surface area is 131 Å². The van der Waals surface area contributed by atoms with Crippen LogP contribution in [0.4, 0.5) is 0 Å². The lowest BCUT2D eigenvalue weighted by Crippen LogP contribution is -2.40. The van der Waals surface area contributed by atoms with Gasteiger partial charge in [0.1, 0.15) is 0 Å². The van der Waals surface area contributed by atoms with Crippen LogP contribution in [0.2, 0.25) is 0 Å². The van der Waals surface area contributed by atoms with Crippen molar-refractivity contribution in [2.24, 2.45) is 0 Å². The van der Waals surface area contributed by atoms with Crippen molar-refractivity contribution in [3.63, 3.8) is 0 Å². The van der Waals surface area contributed by atoms with E-state index in [-0.39, 0.29) is 24.2 Å². The van der Waals surface area contributed by atoms with Crippen molar-refractivity contribution in [1.82, 2.24) is 20.4 Å². The summed E-state index contributed by atoms with van der Waals surface area (Å²) in [4.78, 5) is 18.5. The zero-order valence-corrected chi connectivity index (χ0v) is 13.2. The minimum absolute atomic E-state index is 0. The molecule has 7 heteroatoms. The van der Waals surface area contributed by atoms with Gasteiger partial charge in [-0.3, -0.25) is 4.79 Å². The third-order valence-corrected chi connectivity index (χ3v) is 4.11. The zero-order valence-electron chi connectivity index (χ0n) is 12.4. The highest BCUT2D eigenvalue weighted by Gasteiger charge is 2.32. The number of likely N-dealkylation sites (tertiary alicyclic amines) is 1. The number of carbonyl (C=O) groups excluding carboxylic acids is 1. The summed E-state index contributed by atoms with van der Waals surface area (Å²) in [6, 6.07) is 0. The Bertz CT molecular complexity index is 475. The van der Waals surface area contributed by atoms with Crippen molar-refractivity contribution in [3.8, 4) is 0 Å². The van der Waals surface area contributed by atoms with Gasteiger partial charge in [0.05, 0.1) is 0 Å². The predicted octanol–water partition coefficient (Wildman–Crippen LogP) is 1.68. The maximum Gasteiger partial charge on any atom is 0.229 e. The van der Waals surface area contributed by atoms with Crippen LogP contribution < -0.4 is 5.32 Å². The molecule has 1 N–H and O–H groups in total. The van der Waals surface area contributed by atoms with Gasteiger partial charge in [0.2, 0.25) is 11.8 Å². The highest BCUT2D eigenvalue weighted by Crippen LogP contribution is 2.39. The zero-order chi connectivity index (χ0) is 13.9. The van der Waals surface area contributed by atoms with Crippen LogP contribution in [0.3, 0.4) is 0 Å². The minimum Gasteiger partial charge on any atom is -0.342 e. The molecule has 0 aromatic carbocycles. The number of rotatable bonds is 5. The molecule has 1 aliphatic carbocycles. The van der Waals surface area contributed by atoms with Gasteiger partial charge < -0.3 is 14.7 Å². The van der Waals surface area contributed by atoms with Gasteiger partial charge in [0.15, 0.2) is 5.82 Å². The van der Waals surface area contributed by atoms with Crippen molar-refractivity contribution in [3.05, 3.63) is 11.7 Å². The summed E-state index contributed by atoms with van der Waals surface area (Å²) in [6.45, 7) is 2.31. The lowest BCUT2D eigenvalue weighted by atomic mass is 9.97. The molecule has 1 amide bonds. The second-order valence-electron chi connectivity index (χ2n) is 5.80. The third kappa shape index (κ3) is 3.95. The molecule has 2 heterocycles. The SMILES string of the molecule is CNCCC(=O)N1CCCC(c2noc(C3CC3)n2)C1.Cl. The maximum absolute atomic E-state index is 12.1. The van der Waals surface area contributed by atoms with E-state index in [1.807, 2.05) is 11.9 Å². The predicted molar refractivity (Wildman–Crippen MR) is 80.6 cm³/mol. The van der Waals surface area contributed by atoms with Crippen LogP contribution in [0, 0.1) is 0 Å². The summed E-state index contributed by atoms with van der Waals surface area (Å²) in [7, 11) is 1.87. The van der Waals surface area contributed by atoms with Crippen LogP contribution in [-0.4, -0.2) is 47.6 Å². The van der Waals surface area contributed by atoms with Gasteiger partial charge in [0, 0.05) is 37.9 Å². The first-order chi connectivity index (χ1) is 9.78. The fourth-order valence-corrected chi connectivity index (χ4v) is 2.71. The van der Waals surface area contributed by atoms with Crippen LogP contribution >= 0.6 is 12.4 Å². The Morgan fingerprint density at radius 1 is 1.38 bits per heavy atom. The molecular formula is C14H23ClN4O2. The fraction of sp³-hybridized carbons (Fsp3) is 0.786. The number of nitrogens with one attached hydrogen (secondary N) is 1. The van der Waals surface area contributed by atoms with E-state index in [1.54, 1.807) is 0 Å². The van der Waals surface area contributed by atoms with Gasteiger partial charge in [-0.05, 0) is 32.7 Å². The lowest BCUT2D eigenvalue weighted by molar-refractivity contribution is -0.132. The molecule has 1 saturated carbocycles. The van der Waals surface area contributed by atoms with Gasteiger partial charge in [-0.25, -0.2) is 0 Å². The molecule has 1 aliphatic heterocycles. The summed E-state index contributed by atoms with van der Waals surface area (Å²) in [5, 5.41) is 7.14. The summed E-state index contributed by atoms with van der Waals surface area (Å²) in [6.07, 6.45) is 4.95. The van der Waals surface area contributed by atoms with Gasteiger partial charge in [-0.15, -0.1) is 12.4 Å². The summed E-state index contributed by atoms with van der Waals surface area (Å²) in [5.74, 6) is 2.53. The first kappa shape index (κ1) is 16.2. The van der Waals surface area contributed by atoms with E-state index in [1.165, 1.54) is 12.8 Å². The van der Waals surface area contributed by atoms with E-state index in [2.05, 4.69) is 15.5 Å². The maximum atomic E-state index is 12.1. The van der Waals surface area contributed by atoms with E-state index < -0.39 is 0 Å². The van der Waals surface area contributed by atoms with Gasteiger partial charge in [0.25, 0.3) is 0 Å². The number of hydrogen-bond donors (Lipinski definition) is 1. The van der Waals surface area contributed by atoms with Crippen molar-refractivity contribution in [1.29, 1.82) is 0 Å². The largest absolute Gasteiger partial charge is 0.342 e. The van der Waals surface area contributed by atoms with Gasteiger partial charge >= 0.3 is 0 Å². The number of carbonyl (C=O) groups is 1. The van der Waals surface area contributed by atoms with Crippen LogP contribution in [0.1, 0.15) is 55.7 Å². The average Bonchev–Trinajstić information content (AvgIpc) is 3.22. The first-order valence-corrected chi connectivity index (χ1v) is 7.54. The first-order valence-electron chi connectivity index (χ1n) is 7.54. The molecule has 2 fully saturated rings. The van der Waals surface area contributed by atoms with E-state index in [0.717, 1.165) is 44.2 Å². The summed E-state index contributed by atoms with van der Waals surface area (Å²) in [5.41, 5.74) is 0. The van der Waals surface area contributed by atoms with Crippen molar-refractivity contribution in [2.75, 3.05) is 26.7 Å². The molecule has 1 aromatic rings. The molecule has 0 radical (unpaired) electrons. The standard InChI is InChI=1S/C14H22N4O2.ClH/c1-15-7-6-12(19)18-8-2-3-11(9-18)13-16-14(20-17-13)10-4-5-10;/h10-11,15H,2-9H2,1H3;1H. The quantitative estimate of drug-likeness (QED) is 0.895. The number of nitrogens with zero attached hydrogens (tertiary/aromatic N) is 3. The Kier molecular flexibility index (Phi) is 5.58. The number of halogens is 1. The van der Waals surface area contributed by atoms with Gasteiger partial charge in [-0.2, -0.15) is 4.98 Å². The van der Waals surface area contributed by atoms with Crippen LogP contribution in [0.5, 0.6) is 0 Å². The second-order valence-corrected chi connectivity index (χ2v) is 5.80. The van der Waals surface area contributed by atoms with E-state index in [9.17, 15) is 4.79 Å². The normalized spacial score (nSPS) is 22.0. The summed E-state index contributed by atoms with van der Waals surface area (Å²) < 4.78 is 5.33. The number of hydrogen-bond acceptors (Lipinski definition) is 5. The second kappa shape index (κ2) is 7.22. The van der Waals surface area contributed by atoms with E-state index in [0.29, 0.717) is 12.3 Å². The molecule has 1 atom stereocenters. The Morgan fingerprint density at radius 3 is 2.90 bits per heavy atom. The molecular weight excluding hydrogens is 292 g/mol. The monoisotopic (exact) mass is 314 g/mol. The summed E-state index contributed by atoms with van der Waals surface area (Å²) >= 11 is 0. The Balaban J connectivity index is 0.00000161. The van der Waals surface area contributed by atoms with Gasteiger partial charge in [-0.1, -0.05) is 5.16 Å². The Hall–Kier alpha value is -1.14. The molecule has 6 nitrogen and oxygen atoms in total. The molecule has 118 valence electrons. The molecule has 0 spiro atoms. The molecule has 21 heavy (non-hydrogen) atoms. The highest BCUT2D eigenvalue weighted by molar-refractivity contribution is 5.85. The topological polar surface area (TPSA) is 71.3 Å². The molecule has 0 bridgehead atoms. The third-order valence-electron chi connectivity index (χ3n) is 4.11. The smallest absolute Gasteiger partial charge is 0.229 e. The molecule has 1 aromatic heterocycles. The number of aromatic nitrogens is 2. The molecule has 3 rings (SSSR count). The number of piperidine rings is 1. The van der Waals surface area contributed by atoms with E-state index >= 15 is 0 Å².